The maximum atomic E-state index is 8.96. The first-order valence-electron chi connectivity index (χ1n) is 4.26. The smallest absolute Gasteiger partial charge is 0.402 e. The van der Waals surface area contributed by atoms with Gasteiger partial charge < -0.3 is 45.7 Å². The van der Waals surface area contributed by atoms with Crippen LogP contribution in [0.1, 0.15) is 0 Å². The van der Waals surface area contributed by atoms with E-state index in [-0.39, 0.29) is 0 Å². The second kappa shape index (κ2) is 9.90. The van der Waals surface area contributed by atoms with Crippen LogP contribution in [0.3, 0.4) is 0 Å². The minimum Gasteiger partial charge on any atom is -0.402 e. The Hall–Kier alpha value is -0.295. The Morgan fingerprint density at radius 3 is 1.00 bits per heavy atom. The summed E-state index contributed by atoms with van der Waals surface area (Å²) in [5.74, 6) is 0. The Labute approximate surface area is 91.6 Å². The van der Waals surface area contributed by atoms with Crippen LogP contribution in [0.4, 0.5) is 0 Å². The topological polar surface area (TPSA) is 182 Å². The molecule has 9 nitrogen and oxygen atoms in total. The highest BCUT2D eigenvalue weighted by molar-refractivity contribution is 6.30. The van der Waals surface area contributed by atoms with E-state index < -0.39 is 45.0 Å². The third-order valence-electron chi connectivity index (χ3n) is 1.51. The van der Waals surface area contributed by atoms with Gasteiger partial charge in [-0.05, 0) is 0 Å². The molecule has 98 valence electrons. The maximum Gasteiger partial charge on any atom is 0.631 e. The van der Waals surface area contributed by atoms with Crippen molar-refractivity contribution in [3.8, 4) is 0 Å². The fraction of sp³-hybridized carbons (Fsp3) is 1.00. The Balaban J connectivity index is 0. The predicted octanol–water partition coefficient (Wildman–Crippen LogP) is -5.64. The Morgan fingerprint density at radius 1 is 0.688 bits per heavy atom. The van der Waals surface area contributed by atoms with Gasteiger partial charge >= 0.3 is 7.32 Å². The summed E-state index contributed by atoms with van der Waals surface area (Å²) >= 11 is 0. The average Bonchev–Trinajstić information content (AvgIpc) is 2.24. The molecule has 0 radical (unpaired) electrons. The van der Waals surface area contributed by atoms with Gasteiger partial charge in [0.2, 0.25) is 0 Å². The van der Waals surface area contributed by atoms with Crippen LogP contribution in [-0.2, 0) is 0 Å². The summed E-state index contributed by atoms with van der Waals surface area (Å²) in [6.45, 7) is -1.45. The standard InChI is InChI=1S/C6H14O6.BH3O3/c7-1-3(9)5(11)6(12)4(10)2-8;2-1(3)4/h3-12H,1-2H2;2-4H/t3-,4-,5-,6-;/m1./s1. The van der Waals surface area contributed by atoms with E-state index in [1.54, 1.807) is 0 Å². The van der Waals surface area contributed by atoms with Crippen molar-refractivity contribution < 1.29 is 45.7 Å². The number of hydrogen-bond acceptors (Lipinski definition) is 9. The molecule has 9 N–H and O–H groups in total. The lowest BCUT2D eigenvalue weighted by Gasteiger charge is -2.24. The fourth-order valence-corrected chi connectivity index (χ4v) is 0.671. The van der Waals surface area contributed by atoms with E-state index in [0.29, 0.717) is 0 Å². The molecule has 0 aliphatic heterocycles. The monoisotopic (exact) mass is 244 g/mol. The number of aliphatic hydroxyl groups is 6. The predicted molar refractivity (Wildman–Crippen MR) is 50.6 cm³/mol. The molecule has 0 aromatic carbocycles. The highest BCUT2D eigenvalue weighted by atomic mass is 16.5. The molecule has 10 heteroatoms. The molecule has 0 rings (SSSR count). The summed E-state index contributed by atoms with van der Waals surface area (Å²) in [6, 6.07) is 0. The largest absolute Gasteiger partial charge is 0.631 e. The molecule has 0 unspecified atom stereocenters. The summed E-state index contributed by atoms with van der Waals surface area (Å²) in [4.78, 5) is 0. The number of hydrogen-bond donors (Lipinski definition) is 9. The first kappa shape index (κ1) is 18.1. The van der Waals surface area contributed by atoms with Gasteiger partial charge in [-0.15, -0.1) is 0 Å². The molecule has 0 aliphatic rings. The third kappa shape index (κ3) is 8.97. The second-order valence-electron chi connectivity index (χ2n) is 2.83. The molecular weight excluding hydrogens is 227 g/mol. The SMILES string of the molecule is OB(O)O.OC[C@@H](O)[C@@H](O)[C@H](O)[C@H](O)CO. The average molecular weight is 244 g/mol. The van der Waals surface area contributed by atoms with Crippen LogP contribution in [0.2, 0.25) is 0 Å². The zero-order chi connectivity index (χ0) is 13.3. The maximum absolute atomic E-state index is 8.96. The summed E-state index contributed by atoms with van der Waals surface area (Å²) in [6.07, 6.45) is -6.39. The van der Waals surface area contributed by atoms with Crippen LogP contribution in [0.15, 0.2) is 0 Å². The molecule has 0 aromatic heterocycles. The Morgan fingerprint density at radius 2 is 0.875 bits per heavy atom. The summed E-state index contributed by atoms with van der Waals surface area (Å²) in [5.41, 5.74) is 0. The molecule has 4 atom stereocenters. The lowest BCUT2D eigenvalue weighted by Crippen LogP contribution is -2.46. The van der Waals surface area contributed by atoms with Crippen molar-refractivity contribution in [1.82, 2.24) is 0 Å². The van der Waals surface area contributed by atoms with Crippen LogP contribution < -0.4 is 0 Å². The minimum absolute atomic E-state index is 0.726. The van der Waals surface area contributed by atoms with Crippen LogP contribution in [-0.4, -0.2) is 90.7 Å². The van der Waals surface area contributed by atoms with Gasteiger partial charge in [-0.1, -0.05) is 0 Å². The van der Waals surface area contributed by atoms with Crippen molar-refractivity contribution in [3.05, 3.63) is 0 Å². The van der Waals surface area contributed by atoms with Crippen molar-refractivity contribution >= 4 is 7.32 Å². The molecular formula is C6H17BO9. The van der Waals surface area contributed by atoms with Gasteiger partial charge in [0.25, 0.3) is 0 Å². The quantitative estimate of drug-likeness (QED) is 0.213. The van der Waals surface area contributed by atoms with Crippen molar-refractivity contribution in [3.63, 3.8) is 0 Å². The molecule has 0 heterocycles. The van der Waals surface area contributed by atoms with Gasteiger partial charge in [0.1, 0.15) is 24.4 Å². The number of aliphatic hydroxyl groups excluding tert-OH is 6. The molecule has 0 bridgehead atoms. The van der Waals surface area contributed by atoms with Crippen LogP contribution >= 0.6 is 0 Å². The van der Waals surface area contributed by atoms with E-state index in [2.05, 4.69) is 0 Å². The van der Waals surface area contributed by atoms with Gasteiger partial charge in [-0.3, -0.25) is 0 Å². The highest BCUT2D eigenvalue weighted by Crippen LogP contribution is 2.03. The minimum atomic E-state index is -2.17. The van der Waals surface area contributed by atoms with Crippen LogP contribution in [0, 0.1) is 0 Å². The second-order valence-corrected chi connectivity index (χ2v) is 2.83. The third-order valence-corrected chi connectivity index (χ3v) is 1.51. The van der Waals surface area contributed by atoms with Gasteiger partial charge in [-0.25, -0.2) is 0 Å². The Bertz CT molecular complexity index is 140. The zero-order valence-corrected chi connectivity index (χ0v) is 8.33. The van der Waals surface area contributed by atoms with E-state index in [0.717, 1.165) is 0 Å². The normalized spacial score (nSPS) is 17.8. The summed E-state index contributed by atoms with van der Waals surface area (Å²) in [5, 5.41) is 73.7. The Kier molecular flexibility index (Phi) is 11.2. The van der Waals surface area contributed by atoms with E-state index in [4.69, 9.17) is 45.7 Å². The van der Waals surface area contributed by atoms with Crippen LogP contribution in [0.25, 0.3) is 0 Å². The van der Waals surface area contributed by atoms with E-state index >= 15 is 0 Å². The van der Waals surface area contributed by atoms with Crippen molar-refractivity contribution in [1.29, 1.82) is 0 Å². The van der Waals surface area contributed by atoms with E-state index in [9.17, 15) is 0 Å². The van der Waals surface area contributed by atoms with Gasteiger partial charge in [0.05, 0.1) is 13.2 Å². The van der Waals surface area contributed by atoms with Gasteiger partial charge in [0, 0.05) is 0 Å². The molecule has 0 fully saturated rings. The van der Waals surface area contributed by atoms with Crippen molar-refractivity contribution in [2.75, 3.05) is 13.2 Å². The van der Waals surface area contributed by atoms with E-state index in [1.807, 2.05) is 0 Å². The lowest BCUT2D eigenvalue weighted by atomic mass is 10.0. The number of rotatable bonds is 5. The molecule has 0 amide bonds. The summed E-state index contributed by atoms with van der Waals surface area (Å²) < 4.78 is 0. The molecule has 0 aromatic rings. The first-order chi connectivity index (χ1) is 7.27. The molecule has 16 heavy (non-hydrogen) atoms. The van der Waals surface area contributed by atoms with Crippen molar-refractivity contribution in [2.24, 2.45) is 0 Å². The molecule has 0 spiro atoms. The molecule has 0 saturated heterocycles. The lowest BCUT2D eigenvalue weighted by molar-refractivity contribution is -0.123. The fourth-order valence-electron chi connectivity index (χ4n) is 0.671. The van der Waals surface area contributed by atoms with E-state index in [1.165, 1.54) is 0 Å². The molecule has 0 saturated carbocycles. The summed E-state index contributed by atoms with van der Waals surface area (Å²) in [7, 11) is -2.17. The highest BCUT2D eigenvalue weighted by Gasteiger charge is 2.29. The van der Waals surface area contributed by atoms with Crippen molar-refractivity contribution in [2.45, 2.75) is 24.4 Å². The zero-order valence-electron chi connectivity index (χ0n) is 8.33. The first-order valence-corrected chi connectivity index (χ1v) is 4.26. The molecule has 0 aliphatic carbocycles. The van der Waals surface area contributed by atoms with Crippen LogP contribution in [0.5, 0.6) is 0 Å². The van der Waals surface area contributed by atoms with Gasteiger partial charge in [0.15, 0.2) is 0 Å². The van der Waals surface area contributed by atoms with Gasteiger partial charge in [-0.2, -0.15) is 0 Å².